The monoisotopic (exact) mass is 488 g/mol. The maximum Gasteiger partial charge on any atom is 0.469 e. The lowest BCUT2D eigenvalue weighted by Gasteiger charge is -2.26. The van der Waals surface area contributed by atoms with Crippen LogP contribution in [-0.4, -0.2) is 42.8 Å². The zero-order valence-corrected chi connectivity index (χ0v) is 20.9. The first kappa shape index (κ1) is 28.3. The van der Waals surface area contributed by atoms with Crippen molar-refractivity contribution < 1.29 is 28.5 Å². The number of aromatic nitrogens is 2. The molecule has 0 aliphatic rings. The van der Waals surface area contributed by atoms with Gasteiger partial charge in [-0.15, -0.1) is 0 Å². The van der Waals surface area contributed by atoms with Crippen molar-refractivity contribution in [3.05, 3.63) is 28.2 Å². The lowest BCUT2D eigenvalue weighted by atomic mass is 9.89. The van der Waals surface area contributed by atoms with Crippen molar-refractivity contribution in [1.82, 2.24) is 14.9 Å². The van der Waals surface area contributed by atoms with E-state index >= 15 is 0 Å². The van der Waals surface area contributed by atoms with E-state index in [4.69, 9.17) is 15.5 Å². The van der Waals surface area contributed by atoms with Crippen molar-refractivity contribution in [3.8, 4) is 0 Å². The van der Waals surface area contributed by atoms with Crippen molar-refractivity contribution in [1.29, 1.82) is 0 Å². The second-order valence-electron chi connectivity index (χ2n) is 8.02. The van der Waals surface area contributed by atoms with Gasteiger partial charge in [0, 0.05) is 34.2 Å². The molecule has 0 fully saturated rings. The summed E-state index contributed by atoms with van der Waals surface area (Å²) in [5.41, 5.74) is 6.33. The third-order valence-corrected chi connectivity index (χ3v) is 6.84. The van der Waals surface area contributed by atoms with Crippen LogP contribution in [0.4, 0.5) is 5.82 Å². The number of hydrogen-bond acceptors (Lipinski definition) is 8. The van der Waals surface area contributed by atoms with E-state index in [9.17, 15) is 14.2 Å². The van der Waals surface area contributed by atoms with Crippen molar-refractivity contribution >= 4 is 36.9 Å². The Hall–Kier alpha value is -1.78. The molecule has 1 amide bonds. The quantitative estimate of drug-likeness (QED) is 0.277. The number of nitrogen functional groups attached to an aromatic ring is 1. The predicted octanol–water partition coefficient (Wildman–Crippen LogP) is 3.53. The molecule has 32 heavy (non-hydrogen) atoms. The molecule has 0 saturated heterocycles. The van der Waals surface area contributed by atoms with Gasteiger partial charge in [0.1, 0.15) is 11.6 Å². The number of unbranched alkanes of at least 4 members (excludes halogenated alkanes) is 1. The normalized spacial score (nSPS) is 13.0. The molecule has 0 aliphatic heterocycles. The second-order valence-corrected chi connectivity index (χ2v) is 10.3. The number of thioether (sulfide) groups is 1. The van der Waals surface area contributed by atoms with Gasteiger partial charge in [-0.3, -0.25) is 14.1 Å². The number of nitrogens with two attached hydrogens (primary N) is 1. The highest BCUT2D eigenvalue weighted by Crippen LogP contribution is 2.39. The van der Waals surface area contributed by atoms with Gasteiger partial charge < -0.3 is 20.4 Å². The topological polar surface area (TPSA) is 156 Å². The number of carbonyl (C=O) groups is 2. The summed E-state index contributed by atoms with van der Waals surface area (Å²) in [6, 6.07) is 0. The molecule has 0 unspecified atom stereocenters. The van der Waals surface area contributed by atoms with E-state index in [1.54, 1.807) is 13.8 Å². The van der Waals surface area contributed by atoms with Gasteiger partial charge in [-0.05, 0) is 20.3 Å². The minimum Gasteiger partial charge on any atom is -0.383 e. The molecular weight excluding hydrogens is 455 g/mol. The van der Waals surface area contributed by atoms with Gasteiger partial charge in [-0.1, -0.05) is 45.4 Å². The molecule has 0 aliphatic carbocycles. The van der Waals surface area contributed by atoms with Crippen LogP contribution in [0.5, 0.6) is 0 Å². The Morgan fingerprint density at radius 2 is 2.06 bits per heavy atom. The molecule has 0 atom stereocenters. The minimum absolute atomic E-state index is 0.0431. The summed E-state index contributed by atoms with van der Waals surface area (Å²) < 4.78 is 15.6. The van der Waals surface area contributed by atoms with Gasteiger partial charge in [-0.25, -0.2) is 14.5 Å². The van der Waals surface area contributed by atoms with E-state index in [0.717, 1.165) is 24.6 Å². The lowest BCUT2D eigenvalue weighted by molar-refractivity contribution is -0.118. The molecule has 0 bridgehead atoms. The fraction of sp³-hybridized carbons (Fsp3) is 0.600. The molecule has 1 aromatic rings. The summed E-state index contributed by atoms with van der Waals surface area (Å²) in [6.45, 7) is 8.90. The van der Waals surface area contributed by atoms with E-state index in [1.807, 2.05) is 20.8 Å². The molecule has 12 heteroatoms. The molecule has 180 valence electrons. The molecular formula is C20H33N4O6PS. The molecule has 0 aromatic carbocycles. The Morgan fingerprint density at radius 1 is 1.41 bits per heavy atom. The Morgan fingerprint density at radius 3 is 2.59 bits per heavy atom. The van der Waals surface area contributed by atoms with Crippen LogP contribution in [0.3, 0.4) is 0 Å². The molecule has 1 aromatic heterocycles. The molecule has 1 rings (SSSR count). The number of rotatable bonds is 13. The summed E-state index contributed by atoms with van der Waals surface area (Å²) >= 11 is 0.966. The van der Waals surface area contributed by atoms with Gasteiger partial charge in [0.05, 0.1) is 13.2 Å². The van der Waals surface area contributed by atoms with Crippen molar-refractivity contribution in [2.24, 2.45) is 5.41 Å². The zero-order valence-electron chi connectivity index (χ0n) is 19.2. The van der Waals surface area contributed by atoms with Crippen LogP contribution in [0, 0.1) is 12.3 Å². The maximum absolute atomic E-state index is 13.0. The molecule has 1 heterocycles. The SMILES string of the molecule is CCCCC(C)(C)C(=O)S/C(CCOP(=O)(O)O)=C(/C)N(C=O)Cc1cnc(C)nc1N. The molecule has 0 saturated carbocycles. The number of phosphoric acid groups is 1. The number of aryl methyl sites for hydroxylation is 1. The highest BCUT2D eigenvalue weighted by atomic mass is 32.2. The van der Waals surface area contributed by atoms with Gasteiger partial charge in [-0.2, -0.15) is 0 Å². The van der Waals surface area contributed by atoms with E-state index < -0.39 is 13.2 Å². The summed E-state index contributed by atoms with van der Waals surface area (Å²) in [6.07, 6.45) is 4.73. The Kier molecular flexibility index (Phi) is 11.0. The lowest BCUT2D eigenvalue weighted by Crippen LogP contribution is -2.24. The third kappa shape index (κ3) is 9.38. The largest absolute Gasteiger partial charge is 0.469 e. The summed E-state index contributed by atoms with van der Waals surface area (Å²) in [7, 11) is -4.66. The van der Waals surface area contributed by atoms with Crippen LogP contribution < -0.4 is 5.73 Å². The maximum atomic E-state index is 13.0. The Labute approximate surface area is 193 Å². The fourth-order valence-electron chi connectivity index (χ4n) is 2.75. The number of phosphoric ester groups is 1. The standard InChI is InChI=1S/C20H33N4O6PS/c1-6-7-9-20(4,5)19(26)32-17(8-10-30-31(27,28)29)14(2)24(13-25)12-16-11-22-15(3)23-18(16)21/h11,13H,6-10,12H2,1-5H3,(H2,21,22,23)(H2,27,28,29)/b17-14-. The molecule has 10 nitrogen and oxygen atoms in total. The average molecular weight is 489 g/mol. The molecule has 4 N–H and O–H groups in total. The van der Waals surface area contributed by atoms with Crippen LogP contribution in [0.15, 0.2) is 16.8 Å². The van der Waals surface area contributed by atoms with Crippen molar-refractivity contribution in [3.63, 3.8) is 0 Å². The average Bonchev–Trinajstić information content (AvgIpc) is 2.69. The summed E-state index contributed by atoms with van der Waals surface area (Å²) in [5, 5.41) is -0.0967. The van der Waals surface area contributed by atoms with Crippen molar-refractivity contribution in [2.75, 3.05) is 12.3 Å². The highest BCUT2D eigenvalue weighted by molar-refractivity contribution is 8.17. The fourth-order valence-corrected chi connectivity index (χ4v) is 4.13. The van der Waals surface area contributed by atoms with Gasteiger partial charge in [0.2, 0.25) is 6.41 Å². The number of amides is 1. The smallest absolute Gasteiger partial charge is 0.383 e. The van der Waals surface area contributed by atoms with Crippen LogP contribution in [0.25, 0.3) is 0 Å². The van der Waals surface area contributed by atoms with E-state index in [2.05, 4.69) is 14.5 Å². The predicted molar refractivity (Wildman–Crippen MR) is 124 cm³/mol. The molecule has 0 radical (unpaired) electrons. The van der Waals surface area contributed by atoms with Gasteiger partial charge in [0.25, 0.3) is 0 Å². The van der Waals surface area contributed by atoms with Crippen LogP contribution >= 0.6 is 19.6 Å². The number of carbonyl (C=O) groups excluding carboxylic acids is 2. The molecule has 0 spiro atoms. The van der Waals surface area contributed by atoms with E-state index in [0.29, 0.717) is 34.8 Å². The zero-order chi connectivity index (χ0) is 24.5. The highest BCUT2D eigenvalue weighted by Gasteiger charge is 2.29. The van der Waals surface area contributed by atoms with Gasteiger partial charge >= 0.3 is 7.82 Å². The first-order valence-electron chi connectivity index (χ1n) is 10.2. The first-order chi connectivity index (χ1) is 14.8. The van der Waals surface area contributed by atoms with Crippen LogP contribution in [0.1, 0.15) is 64.8 Å². The van der Waals surface area contributed by atoms with Gasteiger partial charge in [0.15, 0.2) is 5.12 Å². The number of allylic oxidation sites excluding steroid dienone is 1. The summed E-state index contributed by atoms with van der Waals surface area (Å²) in [5.74, 6) is 0.745. The summed E-state index contributed by atoms with van der Waals surface area (Å²) in [4.78, 5) is 52.8. The number of hydrogen-bond donors (Lipinski definition) is 3. The minimum atomic E-state index is -4.66. The van der Waals surface area contributed by atoms with E-state index in [1.165, 1.54) is 11.1 Å². The van der Waals surface area contributed by atoms with E-state index in [-0.39, 0.29) is 30.5 Å². The van der Waals surface area contributed by atoms with Crippen LogP contribution in [-0.2, 0) is 25.2 Å². The van der Waals surface area contributed by atoms with Crippen LogP contribution in [0.2, 0.25) is 0 Å². The number of nitrogens with zero attached hydrogens (tertiary/aromatic N) is 3. The first-order valence-corrected chi connectivity index (χ1v) is 12.6. The second kappa shape index (κ2) is 12.5. The number of anilines is 1. The third-order valence-electron chi connectivity index (χ3n) is 4.83. The Balaban J connectivity index is 3.19. The Bertz CT molecular complexity index is 887. The van der Waals surface area contributed by atoms with Crippen molar-refractivity contribution in [2.45, 2.75) is 66.8 Å².